The Morgan fingerprint density at radius 3 is 2.54 bits per heavy atom. The van der Waals surface area contributed by atoms with Crippen molar-refractivity contribution in [3.05, 3.63) is 65.1 Å². The van der Waals surface area contributed by atoms with E-state index in [0.717, 1.165) is 32.0 Å². The van der Waals surface area contributed by atoms with Crippen LogP contribution >= 0.6 is 11.6 Å². The Labute approximate surface area is 208 Å². The Bertz CT molecular complexity index is 1180. The molecular weight excluding hydrogens is 468 g/mol. The van der Waals surface area contributed by atoms with Gasteiger partial charge in [-0.2, -0.15) is 4.98 Å². The fourth-order valence-corrected chi connectivity index (χ4v) is 4.52. The Balaban J connectivity index is 1.39. The van der Waals surface area contributed by atoms with Gasteiger partial charge >= 0.3 is 0 Å². The van der Waals surface area contributed by atoms with Gasteiger partial charge in [-0.05, 0) is 43.3 Å². The molecule has 182 valence electrons. The summed E-state index contributed by atoms with van der Waals surface area (Å²) >= 11 is 6.03. The fourth-order valence-electron chi connectivity index (χ4n) is 4.39. The molecule has 0 bridgehead atoms. The van der Waals surface area contributed by atoms with Crippen molar-refractivity contribution in [2.75, 3.05) is 43.6 Å². The van der Waals surface area contributed by atoms with Crippen LogP contribution in [0.4, 0.5) is 17.5 Å². The number of carbonyl (C=O) groups is 1. The number of hydrogen-bond acceptors (Lipinski definition) is 8. The van der Waals surface area contributed by atoms with Crippen LogP contribution in [-0.2, 0) is 4.74 Å². The number of rotatable bonds is 7. The van der Waals surface area contributed by atoms with Crippen molar-refractivity contribution in [1.82, 2.24) is 20.3 Å². The summed E-state index contributed by atoms with van der Waals surface area (Å²) in [5.74, 6) is 2.57. The molecular formula is C25H27ClN6O3. The summed E-state index contributed by atoms with van der Waals surface area (Å²) in [6, 6.07) is 12.2. The van der Waals surface area contributed by atoms with Crippen LogP contribution in [-0.4, -0.2) is 54.3 Å². The van der Waals surface area contributed by atoms with E-state index in [2.05, 4.69) is 20.5 Å². The van der Waals surface area contributed by atoms with E-state index >= 15 is 0 Å². The summed E-state index contributed by atoms with van der Waals surface area (Å²) in [6.45, 7) is 5.15. The minimum Gasteiger partial charge on any atom is -0.495 e. The molecule has 9 nitrogen and oxygen atoms in total. The third kappa shape index (κ3) is 5.31. The maximum atomic E-state index is 12.8. The topological polar surface area (TPSA) is 102 Å². The average molecular weight is 495 g/mol. The van der Waals surface area contributed by atoms with Gasteiger partial charge in [0.05, 0.1) is 38.3 Å². The van der Waals surface area contributed by atoms with E-state index in [1.54, 1.807) is 19.2 Å². The van der Waals surface area contributed by atoms with Crippen LogP contribution in [0.1, 0.15) is 29.1 Å². The second-order valence-electron chi connectivity index (χ2n) is 8.85. The molecule has 2 fully saturated rings. The van der Waals surface area contributed by atoms with Gasteiger partial charge in [0.15, 0.2) is 0 Å². The molecule has 4 heterocycles. The molecule has 3 atom stereocenters. The fraction of sp³-hybridized carbons (Fsp3) is 0.360. The molecule has 0 spiro atoms. The van der Waals surface area contributed by atoms with E-state index in [0.29, 0.717) is 45.8 Å². The van der Waals surface area contributed by atoms with E-state index in [1.807, 2.05) is 37.3 Å². The Kier molecular flexibility index (Phi) is 6.70. The molecule has 2 N–H and O–H groups in total. The highest BCUT2D eigenvalue weighted by molar-refractivity contribution is 6.30. The number of nitrogens with zero attached hydrogens (tertiary/aromatic N) is 4. The van der Waals surface area contributed by atoms with Crippen LogP contribution in [0.2, 0.25) is 5.02 Å². The number of benzene rings is 1. The molecule has 1 aromatic carbocycles. The maximum absolute atomic E-state index is 12.8. The number of halogens is 1. The highest BCUT2D eigenvalue weighted by Gasteiger charge is 2.38. The number of hydrogen-bond donors (Lipinski definition) is 2. The lowest BCUT2D eigenvalue weighted by molar-refractivity contribution is 0.0934. The second-order valence-corrected chi connectivity index (χ2v) is 9.29. The Hall–Kier alpha value is -3.43. The van der Waals surface area contributed by atoms with Gasteiger partial charge in [0, 0.05) is 41.7 Å². The van der Waals surface area contributed by atoms with Crippen LogP contribution in [0.25, 0.3) is 0 Å². The quantitative estimate of drug-likeness (QED) is 0.510. The first kappa shape index (κ1) is 23.3. The van der Waals surface area contributed by atoms with E-state index in [4.69, 9.17) is 31.0 Å². The summed E-state index contributed by atoms with van der Waals surface area (Å²) in [4.78, 5) is 28.8. The zero-order valence-electron chi connectivity index (χ0n) is 19.6. The molecule has 0 saturated carbocycles. The first-order valence-electron chi connectivity index (χ1n) is 11.5. The Morgan fingerprint density at radius 2 is 1.89 bits per heavy atom. The van der Waals surface area contributed by atoms with Gasteiger partial charge in [-0.1, -0.05) is 11.6 Å². The zero-order chi connectivity index (χ0) is 24.4. The van der Waals surface area contributed by atoms with Crippen molar-refractivity contribution < 1.29 is 14.3 Å². The lowest BCUT2D eigenvalue weighted by Crippen LogP contribution is -2.29. The van der Waals surface area contributed by atoms with Crippen molar-refractivity contribution in [2.45, 2.75) is 13.0 Å². The van der Waals surface area contributed by atoms with Crippen molar-refractivity contribution in [3.8, 4) is 5.75 Å². The number of amides is 1. The van der Waals surface area contributed by atoms with Crippen molar-refractivity contribution >= 4 is 35.0 Å². The van der Waals surface area contributed by atoms with Crippen LogP contribution in [0.3, 0.4) is 0 Å². The lowest BCUT2D eigenvalue weighted by atomic mass is 10.0. The minimum absolute atomic E-state index is 0.291. The van der Waals surface area contributed by atoms with Crippen LogP contribution in [0.15, 0.2) is 48.7 Å². The number of fused-ring (bicyclic) bond motifs is 1. The summed E-state index contributed by atoms with van der Waals surface area (Å²) in [6.07, 6.45) is 1.52. The van der Waals surface area contributed by atoms with E-state index in [-0.39, 0.29) is 11.9 Å². The maximum Gasteiger partial charge on any atom is 0.270 e. The molecule has 0 aliphatic carbocycles. The SMILES string of the molecule is COc1ccc(C(=O)N[C@@H](C)c2cc(Nc3ccc(Cl)cc3)nc(N3C[C@H]4COC[C@H]4C3)n2)nc1. The van der Waals surface area contributed by atoms with E-state index in [1.165, 1.54) is 6.20 Å². The molecule has 2 aliphatic rings. The van der Waals surface area contributed by atoms with Crippen molar-refractivity contribution in [1.29, 1.82) is 0 Å². The lowest BCUT2D eigenvalue weighted by Gasteiger charge is -2.21. The molecule has 5 rings (SSSR count). The molecule has 2 aromatic heterocycles. The van der Waals surface area contributed by atoms with Gasteiger partial charge < -0.3 is 25.0 Å². The van der Waals surface area contributed by atoms with Gasteiger partial charge in [-0.15, -0.1) is 0 Å². The third-order valence-corrected chi connectivity index (χ3v) is 6.62. The molecule has 10 heteroatoms. The number of aromatic nitrogens is 3. The van der Waals surface area contributed by atoms with Gasteiger partial charge in [0.25, 0.3) is 5.91 Å². The first-order valence-corrected chi connectivity index (χ1v) is 11.9. The van der Waals surface area contributed by atoms with Gasteiger partial charge in [0.2, 0.25) is 5.95 Å². The summed E-state index contributed by atoms with van der Waals surface area (Å²) in [7, 11) is 1.56. The number of anilines is 3. The second kappa shape index (κ2) is 10.1. The smallest absolute Gasteiger partial charge is 0.270 e. The number of pyridine rings is 1. The molecule has 35 heavy (non-hydrogen) atoms. The average Bonchev–Trinajstić information content (AvgIpc) is 3.48. The number of methoxy groups -OCH3 is 1. The van der Waals surface area contributed by atoms with Crippen LogP contribution < -0.4 is 20.3 Å². The summed E-state index contributed by atoms with van der Waals surface area (Å²) in [5, 5.41) is 6.99. The predicted octanol–water partition coefficient (Wildman–Crippen LogP) is 3.85. The molecule has 0 unspecified atom stereocenters. The first-order chi connectivity index (χ1) is 17.0. The number of carbonyl (C=O) groups excluding carboxylic acids is 1. The van der Waals surface area contributed by atoms with Gasteiger partial charge in [-0.3, -0.25) is 4.79 Å². The van der Waals surface area contributed by atoms with Crippen LogP contribution in [0.5, 0.6) is 5.75 Å². The largest absolute Gasteiger partial charge is 0.495 e. The predicted molar refractivity (Wildman–Crippen MR) is 133 cm³/mol. The summed E-state index contributed by atoms with van der Waals surface area (Å²) in [5.41, 5.74) is 1.86. The standard InChI is InChI=1S/C25H27ClN6O3/c1-15(28-24(33)21-8-7-20(34-2)10-27-21)22-9-23(29-19-5-3-18(26)4-6-19)31-25(30-22)32-11-16-13-35-14-17(16)12-32/h3-10,15-17H,11-14H2,1-2H3,(H,28,33)(H,29,30,31)/t15-,16-,17+/m0/s1. The van der Waals surface area contributed by atoms with Gasteiger partial charge in [0.1, 0.15) is 17.3 Å². The Morgan fingerprint density at radius 1 is 1.14 bits per heavy atom. The highest BCUT2D eigenvalue weighted by atomic mass is 35.5. The van der Waals surface area contributed by atoms with Crippen molar-refractivity contribution in [2.24, 2.45) is 11.8 Å². The molecule has 3 aromatic rings. The van der Waals surface area contributed by atoms with Crippen molar-refractivity contribution in [3.63, 3.8) is 0 Å². The highest BCUT2D eigenvalue weighted by Crippen LogP contribution is 2.32. The van der Waals surface area contributed by atoms with E-state index in [9.17, 15) is 4.79 Å². The minimum atomic E-state index is -0.371. The number of ether oxygens (including phenoxy) is 2. The van der Waals surface area contributed by atoms with Crippen LogP contribution in [0, 0.1) is 11.8 Å². The molecule has 2 aliphatic heterocycles. The monoisotopic (exact) mass is 494 g/mol. The molecule has 0 radical (unpaired) electrons. The zero-order valence-corrected chi connectivity index (χ0v) is 20.3. The van der Waals surface area contributed by atoms with E-state index < -0.39 is 0 Å². The van der Waals surface area contributed by atoms with Gasteiger partial charge in [-0.25, -0.2) is 9.97 Å². The summed E-state index contributed by atoms with van der Waals surface area (Å²) < 4.78 is 10.7. The third-order valence-electron chi connectivity index (χ3n) is 6.37. The molecule has 2 saturated heterocycles. The molecule has 1 amide bonds. The normalized spacial score (nSPS) is 19.8. The number of nitrogens with one attached hydrogen (secondary N) is 2.